The first-order chi connectivity index (χ1) is 9.45. The van der Waals surface area contributed by atoms with Gasteiger partial charge in [-0.1, -0.05) is 12.1 Å². The first kappa shape index (κ1) is 13.6. The second-order valence-corrected chi connectivity index (χ2v) is 6.62. The van der Waals surface area contributed by atoms with Crippen molar-refractivity contribution in [2.45, 2.75) is 38.3 Å². The molecular weight excluding hydrogens is 320 g/mol. The third-order valence-corrected chi connectivity index (χ3v) is 4.99. The van der Waals surface area contributed by atoms with E-state index < -0.39 is 11.6 Å². The fraction of sp³-hybridized carbons (Fsp3) is 0.467. The van der Waals surface area contributed by atoms with Crippen LogP contribution in [0.2, 0.25) is 0 Å². The number of hydrogen-bond acceptors (Lipinski definition) is 2. The Kier molecular flexibility index (Phi) is 3.12. The summed E-state index contributed by atoms with van der Waals surface area (Å²) < 4.78 is 0.827. The average molecular weight is 337 g/mol. The summed E-state index contributed by atoms with van der Waals surface area (Å²) in [6, 6.07) is 7.03. The maximum atomic E-state index is 12.9. The predicted octanol–water partition coefficient (Wildman–Crippen LogP) is 2.47. The number of halogens is 1. The zero-order valence-corrected chi connectivity index (χ0v) is 13.1. The van der Waals surface area contributed by atoms with E-state index in [2.05, 4.69) is 21.2 Å². The van der Waals surface area contributed by atoms with Crippen LogP contribution in [0.4, 0.5) is 5.69 Å². The van der Waals surface area contributed by atoms with Crippen molar-refractivity contribution in [2.75, 3.05) is 4.90 Å². The number of carbonyl (C=O) groups is 2. The maximum absolute atomic E-state index is 12.9. The molecule has 1 aromatic carbocycles. The second kappa shape index (κ2) is 4.58. The number of para-hydroxylation sites is 1. The number of nitrogens with one attached hydrogen (secondary N) is 1. The Bertz CT molecular complexity index is 585. The van der Waals surface area contributed by atoms with Crippen LogP contribution in [0.15, 0.2) is 28.7 Å². The molecule has 2 amide bonds. The number of rotatable bonds is 2. The van der Waals surface area contributed by atoms with Gasteiger partial charge in [0.15, 0.2) is 0 Å². The van der Waals surface area contributed by atoms with E-state index in [-0.39, 0.29) is 17.7 Å². The summed E-state index contributed by atoms with van der Waals surface area (Å²) >= 11 is 3.47. The summed E-state index contributed by atoms with van der Waals surface area (Å²) in [5.41, 5.74) is -0.00878. The molecule has 1 N–H and O–H groups in total. The molecule has 0 radical (unpaired) electrons. The van der Waals surface area contributed by atoms with Gasteiger partial charge in [0.2, 0.25) is 5.91 Å². The standard InChI is InChI=1S/C15H17BrN2O2/c1-9-13(19)17-15(2,10-7-8-10)14(20)18(9)12-6-4-3-5-11(12)16/h3-6,9-10H,7-8H2,1-2H3,(H,17,19). The van der Waals surface area contributed by atoms with E-state index >= 15 is 0 Å². The highest BCUT2D eigenvalue weighted by atomic mass is 79.9. The first-order valence-electron chi connectivity index (χ1n) is 6.85. The molecule has 1 aromatic rings. The number of hydrogen-bond donors (Lipinski definition) is 1. The molecule has 1 aliphatic heterocycles. The van der Waals surface area contributed by atoms with Gasteiger partial charge in [-0.15, -0.1) is 0 Å². The highest BCUT2D eigenvalue weighted by molar-refractivity contribution is 9.10. The third kappa shape index (κ3) is 1.95. The molecule has 0 spiro atoms. The molecule has 106 valence electrons. The van der Waals surface area contributed by atoms with E-state index in [0.29, 0.717) is 0 Å². The van der Waals surface area contributed by atoms with Crippen LogP contribution in [0.5, 0.6) is 0 Å². The summed E-state index contributed by atoms with van der Waals surface area (Å²) in [6.07, 6.45) is 2.00. The number of nitrogens with zero attached hydrogens (tertiary/aromatic N) is 1. The van der Waals surface area contributed by atoms with Crippen molar-refractivity contribution in [1.29, 1.82) is 0 Å². The normalized spacial score (nSPS) is 30.4. The predicted molar refractivity (Wildman–Crippen MR) is 80.4 cm³/mol. The highest BCUT2D eigenvalue weighted by Gasteiger charge is 2.55. The lowest BCUT2D eigenvalue weighted by atomic mass is 9.89. The zero-order valence-electron chi connectivity index (χ0n) is 11.5. The topological polar surface area (TPSA) is 49.4 Å². The number of benzene rings is 1. The quantitative estimate of drug-likeness (QED) is 0.901. The summed E-state index contributed by atoms with van der Waals surface area (Å²) in [7, 11) is 0. The van der Waals surface area contributed by atoms with Crippen molar-refractivity contribution in [3.8, 4) is 0 Å². The number of amides is 2. The Labute approximate surface area is 126 Å². The third-order valence-electron chi connectivity index (χ3n) is 4.32. The summed E-state index contributed by atoms with van der Waals surface area (Å²) in [5, 5.41) is 2.93. The van der Waals surface area contributed by atoms with Crippen LogP contribution in [0.25, 0.3) is 0 Å². The Morgan fingerprint density at radius 2 is 1.95 bits per heavy atom. The van der Waals surface area contributed by atoms with Crippen LogP contribution in [0.3, 0.4) is 0 Å². The van der Waals surface area contributed by atoms with Gasteiger partial charge in [0.05, 0.1) is 5.69 Å². The van der Waals surface area contributed by atoms with Crippen molar-refractivity contribution in [2.24, 2.45) is 5.92 Å². The van der Waals surface area contributed by atoms with Crippen LogP contribution in [-0.2, 0) is 9.59 Å². The summed E-state index contributed by atoms with van der Waals surface area (Å²) in [6.45, 7) is 3.61. The van der Waals surface area contributed by atoms with Crippen LogP contribution in [-0.4, -0.2) is 23.4 Å². The molecule has 5 heteroatoms. The van der Waals surface area contributed by atoms with Gasteiger partial charge in [-0.05, 0) is 60.7 Å². The first-order valence-corrected chi connectivity index (χ1v) is 7.64. The van der Waals surface area contributed by atoms with Gasteiger partial charge in [-0.2, -0.15) is 0 Å². The SMILES string of the molecule is CC1C(=O)NC(C)(C2CC2)C(=O)N1c1ccccc1Br. The minimum atomic E-state index is -0.765. The Hall–Kier alpha value is -1.36. The van der Waals surface area contributed by atoms with Crippen molar-refractivity contribution in [3.05, 3.63) is 28.7 Å². The van der Waals surface area contributed by atoms with Crippen molar-refractivity contribution in [3.63, 3.8) is 0 Å². The van der Waals surface area contributed by atoms with Gasteiger partial charge >= 0.3 is 0 Å². The van der Waals surface area contributed by atoms with Crippen molar-refractivity contribution in [1.82, 2.24) is 5.32 Å². The van der Waals surface area contributed by atoms with Crippen LogP contribution in [0, 0.1) is 5.92 Å². The summed E-state index contributed by atoms with van der Waals surface area (Å²) in [4.78, 5) is 26.8. The Morgan fingerprint density at radius 1 is 1.30 bits per heavy atom. The van der Waals surface area contributed by atoms with E-state index in [0.717, 1.165) is 23.0 Å². The molecular formula is C15H17BrN2O2. The average Bonchev–Trinajstić information content (AvgIpc) is 3.24. The molecule has 1 saturated carbocycles. The van der Waals surface area contributed by atoms with Crippen molar-refractivity contribution >= 4 is 33.4 Å². The zero-order chi connectivity index (χ0) is 14.5. The van der Waals surface area contributed by atoms with Crippen molar-refractivity contribution < 1.29 is 9.59 Å². The van der Waals surface area contributed by atoms with Gasteiger partial charge in [0, 0.05) is 4.47 Å². The lowest BCUT2D eigenvalue weighted by Gasteiger charge is -2.43. The van der Waals surface area contributed by atoms with E-state index in [1.165, 1.54) is 0 Å². The maximum Gasteiger partial charge on any atom is 0.253 e. The molecule has 20 heavy (non-hydrogen) atoms. The summed E-state index contributed by atoms with van der Waals surface area (Å²) in [5.74, 6) is 0.158. The fourth-order valence-electron chi connectivity index (χ4n) is 2.86. The van der Waals surface area contributed by atoms with E-state index in [1.54, 1.807) is 11.8 Å². The lowest BCUT2D eigenvalue weighted by molar-refractivity contribution is -0.138. The number of anilines is 1. The van der Waals surface area contributed by atoms with E-state index in [1.807, 2.05) is 31.2 Å². The van der Waals surface area contributed by atoms with Gasteiger partial charge in [0.25, 0.3) is 5.91 Å². The number of piperazine rings is 1. The molecule has 0 bridgehead atoms. The number of carbonyl (C=O) groups excluding carboxylic acids is 2. The van der Waals surface area contributed by atoms with Gasteiger partial charge in [-0.25, -0.2) is 0 Å². The fourth-order valence-corrected chi connectivity index (χ4v) is 3.34. The van der Waals surface area contributed by atoms with Gasteiger partial charge in [-0.3, -0.25) is 14.5 Å². The van der Waals surface area contributed by atoms with E-state index in [9.17, 15) is 9.59 Å². The molecule has 3 rings (SSSR count). The molecule has 2 fully saturated rings. The molecule has 1 heterocycles. The highest BCUT2D eigenvalue weighted by Crippen LogP contribution is 2.43. The lowest BCUT2D eigenvalue weighted by Crippen LogP contribution is -2.70. The van der Waals surface area contributed by atoms with Crippen LogP contribution >= 0.6 is 15.9 Å². The molecule has 2 atom stereocenters. The molecule has 2 unspecified atom stereocenters. The minimum absolute atomic E-state index is 0.0148. The molecule has 1 saturated heterocycles. The monoisotopic (exact) mass is 336 g/mol. The minimum Gasteiger partial charge on any atom is -0.340 e. The molecule has 0 aromatic heterocycles. The van der Waals surface area contributed by atoms with Crippen LogP contribution < -0.4 is 10.2 Å². The smallest absolute Gasteiger partial charge is 0.253 e. The van der Waals surface area contributed by atoms with Crippen LogP contribution in [0.1, 0.15) is 26.7 Å². The molecule has 4 nitrogen and oxygen atoms in total. The largest absolute Gasteiger partial charge is 0.340 e. The van der Waals surface area contributed by atoms with E-state index in [4.69, 9.17) is 0 Å². The second-order valence-electron chi connectivity index (χ2n) is 5.77. The molecule has 2 aliphatic rings. The Morgan fingerprint density at radius 3 is 2.55 bits per heavy atom. The molecule has 1 aliphatic carbocycles. The Balaban J connectivity index is 2.05. The van der Waals surface area contributed by atoms with Gasteiger partial charge < -0.3 is 5.32 Å². The van der Waals surface area contributed by atoms with Gasteiger partial charge in [0.1, 0.15) is 11.6 Å².